The Labute approximate surface area is 152 Å². The molecule has 1 unspecified atom stereocenters. The summed E-state index contributed by atoms with van der Waals surface area (Å²) in [5.74, 6) is -1.29. The van der Waals surface area contributed by atoms with Crippen LogP contribution in [-0.2, 0) is 37.8 Å². The molecule has 1 aromatic heterocycles. The third-order valence-corrected chi connectivity index (χ3v) is 5.28. The Balaban J connectivity index is 1.90. The van der Waals surface area contributed by atoms with Crippen molar-refractivity contribution in [2.45, 2.75) is 18.9 Å². The number of aromatic nitrogens is 2. The molecule has 2 rings (SSSR count). The minimum atomic E-state index is -3.68. The van der Waals surface area contributed by atoms with Gasteiger partial charge < -0.3 is 14.7 Å². The highest BCUT2D eigenvalue weighted by Crippen LogP contribution is 2.12. The number of amides is 1. The largest absolute Gasteiger partial charge is 0.480 e. The van der Waals surface area contributed by atoms with Gasteiger partial charge in [0.1, 0.15) is 6.54 Å². The second-order valence-corrected chi connectivity index (χ2v) is 8.29. The molecule has 1 aliphatic heterocycles. The molecule has 1 amide bonds. The molecule has 1 aliphatic rings. The van der Waals surface area contributed by atoms with Crippen molar-refractivity contribution in [3.8, 4) is 0 Å². The maximum absolute atomic E-state index is 12.4. The molecule has 11 heteroatoms. The number of hydrogen-bond donors (Lipinski definition) is 1. The van der Waals surface area contributed by atoms with E-state index in [2.05, 4.69) is 5.10 Å². The lowest BCUT2D eigenvalue weighted by Crippen LogP contribution is -2.51. The Morgan fingerprint density at radius 3 is 2.77 bits per heavy atom. The van der Waals surface area contributed by atoms with Crippen molar-refractivity contribution >= 4 is 21.9 Å². The standard InChI is InChI=1S/C15H24N4O6S/c1-17-8-12(7-16-17)3-4-14(20)18-5-6-25-13(9-18)10-19(11-15(21)22)26(2,23)24/h7-8,13H,3-6,9-11H2,1-2H3,(H,21,22). The number of morpholine rings is 1. The van der Waals surface area contributed by atoms with Crippen molar-refractivity contribution in [2.24, 2.45) is 7.05 Å². The van der Waals surface area contributed by atoms with Gasteiger partial charge in [0, 0.05) is 39.3 Å². The van der Waals surface area contributed by atoms with E-state index >= 15 is 0 Å². The Morgan fingerprint density at radius 2 is 2.19 bits per heavy atom. The molecule has 1 saturated heterocycles. The Morgan fingerprint density at radius 1 is 1.46 bits per heavy atom. The molecule has 0 aromatic carbocycles. The van der Waals surface area contributed by atoms with Crippen molar-refractivity contribution in [1.82, 2.24) is 19.0 Å². The Kier molecular flexibility index (Phi) is 6.73. The summed E-state index contributed by atoms with van der Waals surface area (Å²) in [4.78, 5) is 24.9. The van der Waals surface area contributed by atoms with Gasteiger partial charge >= 0.3 is 5.97 Å². The molecular weight excluding hydrogens is 364 g/mol. The van der Waals surface area contributed by atoms with Gasteiger partial charge in [0.05, 0.1) is 25.2 Å². The number of hydrogen-bond acceptors (Lipinski definition) is 6. The summed E-state index contributed by atoms with van der Waals surface area (Å²) in [7, 11) is -1.87. The first-order valence-corrected chi connectivity index (χ1v) is 10.0. The number of ether oxygens (including phenoxy) is 1. The third kappa shape index (κ3) is 6.07. The van der Waals surface area contributed by atoms with Crippen molar-refractivity contribution in [3.05, 3.63) is 18.0 Å². The SMILES string of the molecule is Cn1cc(CCC(=O)N2CCOC(CN(CC(=O)O)S(C)(=O)=O)C2)cn1. The molecule has 0 saturated carbocycles. The zero-order valence-corrected chi connectivity index (χ0v) is 15.7. The molecular formula is C15H24N4O6S. The number of carbonyl (C=O) groups excluding carboxylic acids is 1. The van der Waals surface area contributed by atoms with E-state index in [4.69, 9.17) is 9.84 Å². The highest BCUT2D eigenvalue weighted by atomic mass is 32.2. The monoisotopic (exact) mass is 388 g/mol. The summed E-state index contributed by atoms with van der Waals surface area (Å²) in [6.07, 6.45) is 4.86. The van der Waals surface area contributed by atoms with Crippen LogP contribution in [0.3, 0.4) is 0 Å². The average Bonchev–Trinajstić information content (AvgIpc) is 2.96. The number of carboxylic acid groups (broad SMARTS) is 1. The van der Waals surface area contributed by atoms with Crippen LogP contribution in [0.1, 0.15) is 12.0 Å². The molecule has 146 valence electrons. The van der Waals surface area contributed by atoms with Crippen LogP contribution in [0.4, 0.5) is 0 Å². The maximum atomic E-state index is 12.4. The predicted molar refractivity (Wildman–Crippen MR) is 91.9 cm³/mol. The zero-order chi connectivity index (χ0) is 19.3. The molecule has 0 aliphatic carbocycles. The summed E-state index contributed by atoms with van der Waals surface area (Å²) < 4.78 is 31.5. The first-order chi connectivity index (χ1) is 12.1. The van der Waals surface area contributed by atoms with Gasteiger partial charge in [0.15, 0.2) is 0 Å². The molecule has 1 aromatic rings. The summed E-state index contributed by atoms with van der Waals surface area (Å²) in [5.41, 5.74) is 0.968. The van der Waals surface area contributed by atoms with Gasteiger partial charge in [0.25, 0.3) is 0 Å². The van der Waals surface area contributed by atoms with Gasteiger partial charge in [-0.25, -0.2) is 8.42 Å². The van der Waals surface area contributed by atoms with Crippen LogP contribution in [-0.4, -0.2) is 89.5 Å². The van der Waals surface area contributed by atoms with E-state index in [-0.39, 0.29) is 25.6 Å². The molecule has 1 atom stereocenters. The molecule has 0 bridgehead atoms. The smallest absolute Gasteiger partial charge is 0.318 e. The normalized spacial score (nSPS) is 18.3. The van der Waals surface area contributed by atoms with Crippen molar-refractivity contribution in [2.75, 3.05) is 39.0 Å². The van der Waals surface area contributed by atoms with Gasteiger partial charge in [-0.05, 0) is 12.0 Å². The topological polar surface area (TPSA) is 122 Å². The van der Waals surface area contributed by atoms with Crippen molar-refractivity contribution in [1.29, 1.82) is 0 Å². The number of nitrogens with zero attached hydrogens (tertiary/aromatic N) is 4. The first kappa shape index (κ1) is 20.3. The zero-order valence-electron chi connectivity index (χ0n) is 14.9. The summed E-state index contributed by atoms with van der Waals surface area (Å²) >= 11 is 0. The molecule has 0 radical (unpaired) electrons. The van der Waals surface area contributed by atoms with Crippen LogP contribution in [0.15, 0.2) is 12.4 Å². The predicted octanol–water partition coefficient (Wildman–Crippen LogP) is -1.07. The van der Waals surface area contributed by atoms with Gasteiger partial charge in [0.2, 0.25) is 15.9 Å². The van der Waals surface area contributed by atoms with Crippen molar-refractivity contribution in [3.63, 3.8) is 0 Å². The molecule has 2 heterocycles. The summed E-state index contributed by atoms with van der Waals surface area (Å²) in [6.45, 7) is 0.219. The molecule has 26 heavy (non-hydrogen) atoms. The van der Waals surface area contributed by atoms with E-state index in [1.807, 2.05) is 13.2 Å². The lowest BCUT2D eigenvalue weighted by molar-refractivity contribution is -0.141. The minimum Gasteiger partial charge on any atom is -0.480 e. The van der Waals surface area contributed by atoms with Crippen LogP contribution in [0, 0.1) is 0 Å². The van der Waals surface area contributed by atoms with Gasteiger partial charge in [-0.3, -0.25) is 14.3 Å². The fourth-order valence-corrected chi connectivity index (χ4v) is 3.54. The van der Waals surface area contributed by atoms with Crippen LogP contribution < -0.4 is 0 Å². The van der Waals surface area contributed by atoms with E-state index in [1.54, 1.807) is 15.8 Å². The second-order valence-electron chi connectivity index (χ2n) is 6.30. The fourth-order valence-electron chi connectivity index (χ4n) is 2.76. The number of aryl methyl sites for hydroxylation is 2. The van der Waals surface area contributed by atoms with Crippen LogP contribution in [0.2, 0.25) is 0 Å². The number of carboxylic acids is 1. The molecule has 1 N–H and O–H groups in total. The second kappa shape index (κ2) is 8.60. The number of carbonyl (C=O) groups is 2. The van der Waals surface area contributed by atoms with Crippen LogP contribution in [0.5, 0.6) is 0 Å². The van der Waals surface area contributed by atoms with E-state index < -0.39 is 28.6 Å². The lowest BCUT2D eigenvalue weighted by Gasteiger charge is -2.35. The first-order valence-electron chi connectivity index (χ1n) is 8.19. The quantitative estimate of drug-likeness (QED) is 0.601. The van der Waals surface area contributed by atoms with E-state index in [0.29, 0.717) is 19.4 Å². The third-order valence-electron chi connectivity index (χ3n) is 4.07. The summed E-state index contributed by atoms with van der Waals surface area (Å²) in [5, 5.41) is 12.9. The van der Waals surface area contributed by atoms with E-state index in [0.717, 1.165) is 16.1 Å². The average molecular weight is 388 g/mol. The number of aliphatic carboxylic acids is 1. The van der Waals surface area contributed by atoms with Gasteiger partial charge in [-0.15, -0.1) is 0 Å². The molecule has 0 spiro atoms. The minimum absolute atomic E-state index is 0.0497. The molecule has 10 nitrogen and oxygen atoms in total. The van der Waals surface area contributed by atoms with Crippen LogP contribution >= 0.6 is 0 Å². The Hall–Kier alpha value is -1.98. The molecule has 1 fully saturated rings. The van der Waals surface area contributed by atoms with Crippen molar-refractivity contribution < 1.29 is 27.9 Å². The lowest BCUT2D eigenvalue weighted by atomic mass is 10.1. The van der Waals surface area contributed by atoms with Crippen LogP contribution in [0.25, 0.3) is 0 Å². The maximum Gasteiger partial charge on any atom is 0.318 e. The van der Waals surface area contributed by atoms with E-state index in [9.17, 15) is 18.0 Å². The summed E-state index contributed by atoms with van der Waals surface area (Å²) in [6, 6.07) is 0. The highest BCUT2D eigenvalue weighted by Gasteiger charge is 2.29. The number of sulfonamides is 1. The Bertz CT molecular complexity index is 747. The fraction of sp³-hybridized carbons (Fsp3) is 0.667. The van der Waals surface area contributed by atoms with Gasteiger partial charge in [-0.2, -0.15) is 9.40 Å². The van der Waals surface area contributed by atoms with E-state index in [1.165, 1.54) is 0 Å². The number of rotatable bonds is 8. The van der Waals surface area contributed by atoms with Gasteiger partial charge in [-0.1, -0.05) is 0 Å². The highest BCUT2D eigenvalue weighted by molar-refractivity contribution is 7.88.